The van der Waals surface area contributed by atoms with Gasteiger partial charge in [-0.3, -0.25) is 0 Å². The van der Waals surface area contributed by atoms with E-state index in [0.717, 1.165) is 12.0 Å². The van der Waals surface area contributed by atoms with E-state index >= 15 is 0 Å². The fraction of sp³-hybridized carbons (Fsp3) is 1.00. The second-order valence-corrected chi connectivity index (χ2v) is 5.57. The molecule has 2 fully saturated rings. The SMILES string of the molecule is CN1CCC(CN(C)C2CC(N)C2)CC1. The third kappa shape index (κ3) is 2.92. The Balaban J connectivity index is 1.68. The Morgan fingerprint density at radius 2 is 1.87 bits per heavy atom. The largest absolute Gasteiger partial charge is 0.328 e. The molecule has 0 spiro atoms. The van der Waals surface area contributed by atoms with Crippen molar-refractivity contribution in [2.45, 2.75) is 37.8 Å². The summed E-state index contributed by atoms with van der Waals surface area (Å²) in [6.45, 7) is 3.84. The minimum Gasteiger partial charge on any atom is -0.328 e. The number of hydrogen-bond donors (Lipinski definition) is 1. The maximum atomic E-state index is 5.82. The van der Waals surface area contributed by atoms with E-state index in [-0.39, 0.29) is 0 Å². The number of nitrogens with two attached hydrogens (primary N) is 1. The van der Waals surface area contributed by atoms with E-state index in [9.17, 15) is 0 Å². The molecule has 0 amide bonds. The second-order valence-electron chi connectivity index (χ2n) is 5.57. The first-order valence-corrected chi connectivity index (χ1v) is 6.29. The van der Waals surface area contributed by atoms with Gasteiger partial charge in [0.15, 0.2) is 0 Å². The zero-order valence-corrected chi connectivity index (χ0v) is 10.2. The molecule has 1 aliphatic heterocycles. The zero-order chi connectivity index (χ0) is 10.8. The van der Waals surface area contributed by atoms with Crippen molar-refractivity contribution in [2.75, 3.05) is 33.7 Å². The van der Waals surface area contributed by atoms with Crippen molar-refractivity contribution in [2.24, 2.45) is 11.7 Å². The molecule has 1 heterocycles. The molecule has 3 nitrogen and oxygen atoms in total. The van der Waals surface area contributed by atoms with Gasteiger partial charge in [0.2, 0.25) is 0 Å². The van der Waals surface area contributed by atoms with Crippen LogP contribution in [0.4, 0.5) is 0 Å². The van der Waals surface area contributed by atoms with Gasteiger partial charge in [0.25, 0.3) is 0 Å². The molecule has 0 bridgehead atoms. The van der Waals surface area contributed by atoms with Crippen LogP contribution in [0, 0.1) is 5.92 Å². The summed E-state index contributed by atoms with van der Waals surface area (Å²) in [4.78, 5) is 4.98. The summed E-state index contributed by atoms with van der Waals surface area (Å²) in [6.07, 6.45) is 5.17. The summed E-state index contributed by atoms with van der Waals surface area (Å²) >= 11 is 0. The summed E-state index contributed by atoms with van der Waals surface area (Å²) in [6, 6.07) is 1.26. The zero-order valence-electron chi connectivity index (χ0n) is 10.2. The van der Waals surface area contributed by atoms with Crippen LogP contribution >= 0.6 is 0 Å². The van der Waals surface area contributed by atoms with Crippen LogP contribution in [-0.4, -0.2) is 55.6 Å². The third-order valence-corrected chi connectivity index (χ3v) is 4.16. The van der Waals surface area contributed by atoms with Crippen LogP contribution in [0.15, 0.2) is 0 Å². The molecule has 15 heavy (non-hydrogen) atoms. The molecule has 2 N–H and O–H groups in total. The van der Waals surface area contributed by atoms with Crippen molar-refractivity contribution in [1.29, 1.82) is 0 Å². The third-order valence-electron chi connectivity index (χ3n) is 4.16. The predicted octanol–water partition coefficient (Wildman–Crippen LogP) is 0.750. The number of piperidine rings is 1. The molecule has 0 radical (unpaired) electrons. The number of hydrogen-bond acceptors (Lipinski definition) is 3. The molecule has 0 atom stereocenters. The van der Waals surface area contributed by atoms with Gasteiger partial charge in [0.05, 0.1) is 0 Å². The lowest BCUT2D eigenvalue weighted by atomic mass is 9.85. The van der Waals surface area contributed by atoms with Crippen LogP contribution < -0.4 is 5.73 Å². The molecule has 1 saturated carbocycles. The van der Waals surface area contributed by atoms with Gasteiger partial charge in [-0.15, -0.1) is 0 Å². The Morgan fingerprint density at radius 3 is 2.40 bits per heavy atom. The van der Waals surface area contributed by atoms with Crippen LogP contribution in [-0.2, 0) is 0 Å². The molecule has 88 valence electrons. The topological polar surface area (TPSA) is 32.5 Å². The van der Waals surface area contributed by atoms with Gasteiger partial charge in [-0.25, -0.2) is 0 Å². The minimum absolute atomic E-state index is 0.481. The van der Waals surface area contributed by atoms with Crippen LogP contribution in [0.25, 0.3) is 0 Å². The lowest BCUT2D eigenvalue weighted by Gasteiger charge is -2.41. The number of rotatable bonds is 3. The number of nitrogens with zero attached hydrogens (tertiary/aromatic N) is 2. The second kappa shape index (κ2) is 4.81. The van der Waals surface area contributed by atoms with Gasteiger partial charge in [-0.2, -0.15) is 0 Å². The van der Waals surface area contributed by atoms with Crippen molar-refractivity contribution < 1.29 is 0 Å². The average Bonchev–Trinajstić information content (AvgIpc) is 2.17. The Kier molecular flexibility index (Phi) is 3.65. The highest BCUT2D eigenvalue weighted by Crippen LogP contribution is 2.25. The van der Waals surface area contributed by atoms with Gasteiger partial charge in [-0.1, -0.05) is 0 Å². The van der Waals surface area contributed by atoms with Crippen molar-refractivity contribution >= 4 is 0 Å². The first-order chi connectivity index (χ1) is 7.15. The van der Waals surface area contributed by atoms with Gasteiger partial charge < -0.3 is 15.5 Å². The fourth-order valence-corrected chi connectivity index (χ4v) is 2.79. The highest BCUT2D eigenvalue weighted by Gasteiger charge is 2.30. The Morgan fingerprint density at radius 1 is 1.27 bits per heavy atom. The van der Waals surface area contributed by atoms with Gasteiger partial charge in [0, 0.05) is 18.6 Å². The first-order valence-electron chi connectivity index (χ1n) is 6.29. The van der Waals surface area contributed by atoms with Crippen molar-refractivity contribution in [3.8, 4) is 0 Å². The predicted molar refractivity (Wildman–Crippen MR) is 63.8 cm³/mol. The molecule has 0 aromatic heterocycles. The lowest BCUT2D eigenvalue weighted by Crippen LogP contribution is -2.50. The molecule has 0 aromatic carbocycles. The van der Waals surface area contributed by atoms with E-state index in [4.69, 9.17) is 5.73 Å². The molecule has 0 unspecified atom stereocenters. The van der Waals surface area contributed by atoms with E-state index in [1.807, 2.05) is 0 Å². The summed E-state index contributed by atoms with van der Waals surface area (Å²) in [7, 11) is 4.50. The highest BCUT2D eigenvalue weighted by molar-refractivity contribution is 4.89. The fourth-order valence-electron chi connectivity index (χ4n) is 2.79. The summed E-state index contributed by atoms with van der Waals surface area (Å²) in [5.41, 5.74) is 5.82. The Bertz CT molecular complexity index is 193. The van der Waals surface area contributed by atoms with Gasteiger partial charge >= 0.3 is 0 Å². The molecular weight excluding hydrogens is 186 g/mol. The monoisotopic (exact) mass is 211 g/mol. The van der Waals surface area contributed by atoms with Gasteiger partial charge in [-0.05, 0) is 58.8 Å². The Labute approximate surface area is 93.6 Å². The highest BCUT2D eigenvalue weighted by atomic mass is 15.2. The molecule has 1 saturated heterocycles. The normalized spacial score (nSPS) is 34.4. The van der Waals surface area contributed by atoms with Crippen LogP contribution in [0.3, 0.4) is 0 Å². The van der Waals surface area contributed by atoms with Gasteiger partial charge in [0.1, 0.15) is 0 Å². The summed E-state index contributed by atoms with van der Waals surface area (Å²) in [5, 5.41) is 0. The minimum atomic E-state index is 0.481. The van der Waals surface area contributed by atoms with E-state index in [1.165, 1.54) is 45.3 Å². The van der Waals surface area contributed by atoms with Crippen molar-refractivity contribution in [3.05, 3.63) is 0 Å². The molecule has 1 aliphatic carbocycles. The average molecular weight is 211 g/mol. The molecule has 3 heteroatoms. The summed E-state index contributed by atoms with van der Waals surface area (Å²) < 4.78 is 0. The maximum absolute atomic E-state index is 5.82. The molecule has 2 aliphatic rings. The van der Waals surface area contributed by atoms with Crippen LogP contribution in [0.5, 0.6) is 0 Å². The smallest absolute Gasteiger partial charge is 0.0122 e. The van der Waals surface area contributed by atoms with Crippen molar-refractivity contribution in [1.82, 2.24) is 9.80 Å². The van der Waals surface area contributed by atoms with Crippen LogP contribution in [0.2, 0.25) is 0 Å². The number of likely N-dealkylation sites (tertiary alicyclic amines) is 1. The molecular formula is C12H25N3. The van der Waals surface area contributed by atoms with E-state index in [2.05, 4.69) is 23.9 Å². The molecule has 0 aromatic rings. The van der Waals surface area contributed by atoms with Crippen LogP contribution in [0.1, 0.15) is 25.7 Å². The first kappa shape index (κ1) is 11.4. The standard InChI is InChI=1S/C12H25N3/c1-14-5-3-10(4-6-14)9-15(2)12-7-11(13)8-12/h10-12H,3-9,13H2,1-2H3. The van der Waals surface area contributed by atoms with E-state index in [0.29, 0.717) is 6.04 Å². The summed E-state index contributed by atoms with van der Waals surface area (Å²) in [5.74, 6) is 0.919. The maximum Gasteiger partial charge on any atom is 0.0122 e. The Hall–Kier alpha value is -0.120. The van der Waals surface area contributed by atoms with Crippen molar-refractivity contribution in [3.63, 3.8) is 0 Å². The quantitative estimate of drug-likeness (QED) is 0.748. The van der Waals surface area contributed by atoms with E-state index < -0.39 is 0 Å². The molecule has 2 rings (SSSR count). The lowest BCUT2D eigenvalue weighted by molar-refractivity contribution is 0.0995. The van der Waals surface area contributed by atoms with E-state index in [1.54, 1.807) is 0 Å².